The van der Waals surface area contributed by atoms with Gasteiger partial charge in [0.25, 0.3) is 5.91 Å². The van der Waals surface area contributed by atoms with E-state index in [1.165, 1.54) is 0 Å². The number of nitrogens with one attached hydrogen (secondary N) is 3. The van der Waals surface area contributed by atoms with Gasteiger partial charge in [-0.3, -0.25) is 15.1 Å². The van der Waals surface area contributed by atoms with Gasteiger partial charge in [-0.15, -0.1) is 0 Å². The molecule has 2 saturated heterocycles. The zero-order valence-corrected chi connectivity index (χ0v) is 18.1. The zero-order valence-electron chi connectivity index (χ0n) is 17.3. The van der Waals surface area contributed by atoms with Gasteiger partial charge in [-0.2, -0.15) is 0 Å². The number of rotatable bonds is 5. The fraction of sp³-hybridized carbons (Fsp3) is 0.571. The minimum Gasteiger partial charge on any atom is -0.342 e. The Balaban J connectivity index is 1.50. The summed E-state index contributed by atoms with van der Waals surface area (Å²) in [6.45, 7) is 7.85. The molecule has 3 N–H and O–H groups in total. The smallest absolute Gasteiger partial charge is 0.321 e. The third-order valence-electron chi connectivity index (χ3n) is 5.64. The number of likely N-dealkylation sites (tertiary alicyclic amines) is 1. The van der Waals surface area contributed by atoms with Gasteiger partial charge in [0.2, 0.25) is 0 Å². The van der Waals surface area contributed by atoms with E-state index in [4.69, 9.17) is 17.0 Å². The highest BCUT2D eigenvalue weighted by Gasteiger charge is 2.46. The number of carbonyl (C=O) groups is 2. The molecular formula is C21H30ClN5O2. The van der Waals surface area contributed by atoms with Crippen molar-refractivity contribution in [2.45, 2.75) is 45.6 Å². The summed E-state index contributed by atoms with van der Waals surface area (Å²) in [4.78, 5) is 28.7. The minimum atomic E-state index is -0.690. The van der Waals surface area contributed by atoms with Crippen molar-refractivity contribution in [1.29, 1.82) is 5.41 Å². The van der Waals surface area contributed by atoms with Crippen molar-refractivity contribution in [2.75, 3.05) is 25.0 Å². The Hall–Kier alpha value is -2.28. The zero-order chi connectivity index (χ0) is 21.2. The molecule has 1 unspecified atom stereocenters. The second-order valence-corrected chi connectivity index (χ2v) is 9.12. The van der Waals surface area contributed by atoms with E-state index in [1.807, 2.05) is 6.92 Å². The number of amides is 3. The van der Waals surface area contributed by atoms with E-state index in [9.17, 15) is 9.59 Å². The van der Waals surface area contributed by atoms with Crippen LogP contribution < -0.4 is 10.6 Å². The summed E-state index contributed by atoms with van der Waals surface area (Å²) in [6.07, 6.45) is 2.33. The van der Waals surface area contributed by atoms with Crippen LogP contribution in [0.15, 0.2) is 24.3 Å². The monoisotopic (exact) mass is 419 g/mol. The Bertz CT molecular complexity index is 774. The molecule has 3 amide bonds. The van der Waals surface area contributed by atoms with Gasteiger partial charge in [0.05, 0.1) is 0 Å². The van der Waals surface area contributed by atoms with Gasteiger partial charge >= 0.3 is 6.03 Å². The first-order chi connectivity index (χ1) is 13.7. The van der Waals surface area contributed by atoms with Gasteiger partial charge in [0, 0.05) is 30.3 Å². The second-order valence-electron chi connectivity index (χ2n) is 8.69. The standard InChI is InChI=1S/C21H30ClN5O2/c1-14(2)12-21(3)18(28)27(19(23)25-21)13-15-8-10-26(11-9-15)20(29)24-17-6-4-16(22)5-7-17/h4-7,14-15H,8-13H2,1-3H3,(H2,23,25)(H,24,29). The quantitative estimate of drug-likeness (QED) is 0.678. The number of nitrogens with zero attached hydrogens (tertiary/aromatic N) is 2. The second kappa shape index (κ2) is 8.61. The van der Waals surface area contributed by atoms with E-state index in [1.54, 1.807) is 34.1 Å². The lowest BCUT2D eigenvalue weighted by Gasteiger charge is -2.33. The van der Waals surface area contributed by atoms with Crippen LogP contribution in [-0.4, -0.2) is 52.9 Å². The van der Waals surface area contributed by atoms with Crippen LogP contribution in [0.3, 0.4) is 0 Å². The molecule has 0 radical (unpaired) electrons. The van der Waals surface area contributed by atoms with Crippen LogP contribution in [0.1, 0.15) is 40.0 Å². The Morgan fingerprint density at radius 2 is 1.93 bits per heavy atom. The summed E-state index contributed by atoms with van der Waals surface area (Å²) < 4.78 is 0. The lowest BCUT2D eigenvalue weighted by molar-refractivity contribution is -0.131. The predicted octanol–water partition coefficient (Wildman–Crippen LogP) is 3.76. The molecule has 1 aromatic carbocycles. The molecule has 1 aromatic rings. The first kappa shape index (κ1) is 21.4. The van der Waals surface area contributed by atoms with Crippen LogP contribution >= 0.6 is 11.6 Å². The Morgan fingerprint density at radius 1 is 1.31 bits per heavy atom. The SMILES string of the molecule is CC(C)CC1(C)NC(=N)N(CC2CCN(C(=O)Nc3ccc(Cl)cc3)CC2)C1=O. The van der Waals surface area contributed by atoms with E-state index in [0.29, 0.717) is 42.7 Å². The van der Waals surface area contributed by atoms with Gasteiger partial charge in [-0.05, 0) is 62.3 Å². The highest BCUT2D eigenvalue weighted by atomic mass is 35.5. The third-order valence-corrected chi connectivity index (χ3v) is 5.89. The first-order valence-electron chi connectivity index (χ1n) is 10.2. The molecule has 158 valence electrons. The van der Waals surface area contributed by atoms with Gasteiger partial charge in [0.1, 0.15) is 5.54 Å². The maximum Gasteiger partial charge on any atom is 0.321 e. The normalized spacial score (nSPS) is 22.9. The number of guanidine groups is 1. The molecule has 0 bridgehead atoms. The summed E-state index contributed by atoms with van der Waals surface area (Å²) in [5.74, 6) is 0.828. The average molecular weight is 420 g/mol. The number of hydrogen-bond donors (Lipinski definition) is 3. The lowest BCUT2D eigenvalue weighted by atomic mass is 9.90. The van der Waals surface area contributed by atoms with Crippen molar-refractivity contribution < 1.29 is 9.59 Å². The molecule has 1 atom stereocenters. The Kier molecular flexibility index (Phi) is 6.36. The van der Waals surface area contributed by atoms with Gasteiger partial charge in [0.15, 0.2) is 5.96 Å². The van der Waals surface area contributed by atoms with E-state index in [-0.39, 0.29) is 23.8 Å². The minimum absolute atomic E-state index is 0.0147. The van der Waals surface area contributed by atoms with Crippen LogP contribution in [0, 0.1) is 17.2 Å². The van der Waals surface area contributed by atoms with Gasteiger partial charge < -0.3 is 15.5 Å². The van der Waals surface area contributed by atoms with Crippen molar-refractivity contribution in [3.8, 4) is 0 Å². The van der Waals surface area contributed by atoms with Crippen LogP contribution in [0.4, 0.5) is 10.5 Å². The molecule has 2 aliphatic rings. The predicted molar refractivity (Wildman–Crippen MR) is 115 cm³/mol. The fourth-order valence-corrected chi connectivity index (χ4v) is 4.35. The van der Waals surface area contributed by atoms with Crippen LogP contribution in [0.5, 0.6) is 0 Å². The maximum absolute atomic E-state index is 12.9. The summed E-state index contributed by atoms with van der Waals surface area (Å²) in [5.41, 5.74) is 0.0258. The van der Waals surface area contributed by atoms with Gasteiger partial charge in [-0.1, -0.05) is 25.4 Å². The summed E-state index contributed by atoms with van der Waals surface area (Å²) in [6, 6.07) is 6.91. The molecular weight excluding hydrogens is 390 g/mol. The molecule has 8 heteroatoms. The average Bonchev–Trinajstić information content (AvgIpc) is 2.86. The number of carbonyl (C=O) groups excluding carboxylic acids is 2. The van der Waals surface area contributed by atoms with E-state index in [2.05, 4.69) is 24.5 Å². The van der Waals surface area contributed by atoms with Crippen molar-refractivity contribution in [1.82, 2.24) is 15.1 Å². The number of piperidine rings is 1. The number of halogens is 1. The molecule has 0 saturated carbocycles. The summed E-state index contributed by atoms with van der Waals surface area (Å²) in [7, 11) is 0. The third kappa shape index (κ3) is 5.01. The molecule has 2 heterocycles. The van der Waals surface area contributed by atoms with E-state index < -0.39 is 5.54 Å². The van der Waals surface area contributed by atoms with Crippen LogP contribution in [0.25, 0.3) is 0 Å². The molecule has 0 aromatic heterocycles. The molecule has 0 spiro atoms. The van der Waals surface area contributed by atoms with E-state index in [0.717, 1.165) is 12.8 Å². The molecule has 0 aliphatic carbocycles. The Labute approximate surface area is 177 Å². The first-order valence-corrected chi connectivity index (χ1v) is 10.6. The highest BCUT2D eigenvalue weighted by Crippen LogP contribution is 2.27. The Morgan fingerprint density at radius 3 is 2.52 bits per heavy atom. The number of hydrogen-bond acceptors (Lipinski definition) is 3. The molecule has 7 nitrogen and oxygen atoms in total. The number of anilines is 1. The van der Waals surface area contributed by atoms with E-state index >= 15 is 0 Å². The molecule has 29 heavy (non-hydrogen) atoms. The summed E-state index contributed by atoms with van der Waals surface area (Å²) >= 11 is 5.87. The molecule has 3 rings (SSSR count). The van der Waals surface area contributed by atoms with Crippen LogP contribution in [0.2, 0.25) is 5.02 Å². The van der Waals surface area contributed by atoms with Crippen LogP contribution in [-0.2, 0) is 4.79 Å². The fourth-order valence-electron chi connectivity index (χ4n) is 4.22. The van der Waals surface area contributed by atoms with Gasteiger partial charge in [-0.25, -0.2) is 4.79 Å². The topological polar surface area (TPSA) is 88.5 Å². The van der Waals surface area contributed by atoms with Crippen molar-refractivity contribution >= 4 is 35.2 Å². The summed E-state index contributed by atoms with van der Waals surface area (Å²) in [5, 5.41) is 14.8. The molecule has 2 fully saturated rings. The lowest BCUT2D eigenvalue weighted by Crippen LogP contribution is -2.46. The number of benzene rings is 1. The van der Waals surface area contributed by atoms with Crippen molar-refractivity contribution in [2.24, 2.45) is 11.8 Å². The van der Waals surface area contributed by atoms with Crippen molar-refractivity contribution in [3.05, 3.63) is 29.3 Å². The van der Waals surface area contributed by atoms with Crippen molar-refractivity contribution in [3.63, 3.8) is 0 Å². The highest BCUT2D eigenvalue weighted by molar-refractivity contribution is 6.30. The maximum atomic E-state index is 12.9. The number of urea groups is 1. The largest absolute Gasteiger partial charge is 0.342 e. The molecule has 2 aliphatic heterocycles.